The van der Waals surface area contributed by atoms with Gasteiger partial charge in [0.05, 0.1) is 6.35 Å². The molecule has 0 spiro atoms. The van der Waals surface area contributed by atoms with E-state index in [0.717, 1.165) is 0 Å². The summed E-state index contributed by atoms with van der Waals surface area (Å²) in [6, 6.07) is 0. The number of rotatable bonds is 5. The predicted molar refractivity (Wildman–Crippen MR) is 38.2 cm³/mol. The summed E-state index contributed by atoms with van der Waals surface area (Å²) in [6.45, 7) is 0. The first kappa shape index (κ1) is 10.3. The third-order valence-electron chi connectivity index (χ3n) is 1.17. The van der Waals surface area contributed by atoms with Crippen LogP contribution in [0.5, 0.6) is 0 Å². The van der Waals surface area contributed by atoms with E-state index < -0.39 is 25.8 Å². The smallest absolute Gasteiger partial charge is 0.314 e. The summed E-state index contributed by atoms with van der Waals surface area (Å²) in [6.07, 6.45) is -0.569. The Balaban J connectivity index is 4.20. The molecule has 0 aliphatic carbocycles. The molecule has 2 atom stereocenters. The van der Waals surface area contributed by atoms with Crippen molar-refractivity contribution >= 4 is 20.1 Å². The molecule has 64 valence electrons. The Labute approximate surface area is 63.8 Å². The van der Waals surface area contributed by atoms with Crippen molar-refractivity contribution in [1.82, 2.24) is 0 Å². The predicted octanol–water partition coefficient (Wildman–Crippen LogP) is -0.462. The Morgan fingerprint density at radius 3 is 2.45 bits per heavy atom. The molecule has 2 unspecified atom stereocenters. The van der Waals surface area contributed by atoms with E-state index in [1.54, 1.807) is 0 Å². The lowest BCUT2D eigenvalue weighted by atomic mass is 10.3. The molecule has 0 rings (SSSR count). The number of carbonyl (C=O) groups is 2. The van der Waals surface area contributed by atoms with Gasteiger partial charge in [-0.2, -0.15) is 0 Å². The van der Waals surface area contributed by atoms with Crippen molar-refractivity contribution in [3.8, 4) is 0 Å². The summed E-state index contributed by atoms with van der Waals surface area (Å²) in [5.41, 5.74) is -1.21. The van der Waals surface area contributed by atoms with Crippen LogP contribution in [0.3, 0.4) is 0 Å². The molecule has 0 aromatic rings. The second-order valence-electron chi connectivity index (χ2n) is 1.92. The lowest BCUT2D eigenvalue weighted by molar-refractivity contribution is -0.137. The van der Waals surface area contributed by atoms with Gasteiger partial charge in [0, 0.05) is 6.42 Å². The minimum absolute atomic E-state index is 0.298. The quantitative estimate of drug-likeness (QED) is 0.441. The number of carboxylic acid groups (broad SMARTS) is 1. The van der Waals surface area contributed by atoms with Gasteiger partial charge in [-0.15, -0.1) is 0 Å². The average molecular weight is 180 g/mol. The number of aliphatic carboxylic acids is 1. The number of hydrogen-bond donors (Lipinski definition) is 2. The summed E-state index contributed by atoms with van der Waals surface area (Å²) in [5.74, 6) is -1.30. The second-order valence-corrected chi connectivity index (χ2v) is 3.86. The van der Waals surface area contributed by atoms with E-state index in [1.807, 2.05) is 0 Å². The Morgan fingerprint density at radius 1 is 1.64 bits per heavy atom. The van der Waals surface area contributed by atoms with E-state index in [-0.39, 0.29) is 6.42 Å². The van der Waals surface area contributed by atoms with Crippen LogP contribution in [-0.4, -0.2) is 34.5 Å². The van der Waals surface area contributed by atoms with Gasteiger partial charge in [0.1, 0.15) is 19.7 Å². The Kier molecular flexibility index (Phi) is 4.74. The highest BCUT2D eigenvalue weighted by atomic mass is 31.1. The van der Waals surface area contributed by atoms with Crippen molar-refractivity contribution in [2.24, 2.45) is 0 Å². The number of carboxylic acids is 1. The first-order chi connectivity index (χ1) is 5.13. The first-order valence-corrected chi connectivity index (χ1v) is 4.62. The zero-order valence-corrected chi connectivity index (χ0v) is 6.69. The zero-order chi connectivity index (χ0) is 8.85. The summed E-state index contributed by atoms with van der Waals surface area (Å²) in [7, 11) is -2.55. The fraction of sp³-hybridized carbons (Fsp3) is 0.600. The number of aliphatic hydroxyl groups is 1. The number of hydrogen-bond acceptors (Lipinski definition) is 4. The Morgan fingerprint density at radius 2 is 2.18 bits per heavy atom. The van der Waals surface area contributed by atoms with E-state index in [1.165, 1.54) is 0 Å². The fourth-order valence-corrected chi connectivity index (χ4v) is 1.43. The Bertz CT molecular complexity index is 178. The van der Waals surface area contributed by atoms with Crippen LogP contribution in [0.25, 0.3) is 0 Å². The van der Waals surface area contributed by atoms with Crippen LogP contribution >= 0.6 is 7.80 Å². The van der Waals surface area contributed by atoms with Gasteiger partial charge in [0.25, 0.3) is 0 Å². The molecular formula is C5H9O5P. The van der Waals surface area contributed by atoms with Crippen LogP contribution < -0.4 is 0 Å². The zero-order valence-electron chi connectivity index (χ0n) is 5.69. The van der Waals surface area contributed by atoms with Crippen LogP contribution in [0.1, 0.15) is 6.42 Å². The van der Waals surface area contributed by atoms with E-state index in [4.69, 9.17) is 10.2 Å². The molecule has 0 saturated heterocycles. The maximum absolute atomic E-state index is 10.7. The van der Waals surface area contributed by atoms with Crippen LogP contribution in [-0.2, 0) is 14.2 Å². The van der Waals surface area contributed by atoms with Gasteiger partial charge in [0.15, 0.2) is 0 Å². The molecule has 0 radical (unpaired) electrons. The highest BCUT2D eigenvalue weighted by molar-refractivity contribution is 7.46. The van der Waals surface area contributed by atoms with E-state index >= 15 is 0 Å². The standard InChI is InChI=1S/C5H9O5P/c6-2-1-4(5(8)9)11(10)3-7/h2,4,7,11H,1,3H2,(H,8,9). The molecule has 11 heavy (non-hydrogen) atoms. The van der Waals surface area contributed by atoms with Gasteiger partial charge in [-0.25, -0.2) is 0 Å². The highest BCUT2D eigenvalue weighted by Gasteiger charge is 2.22. The minimum atomic E-state index is -2.55. The molecule has 0 heterocycles. The molecule has 0 amide bonds. The monoisotopic (exact) mass is 180 g/mol. The van der Waals surface area contributed by atoms with Crippen LogP contribution in [0.15, 0.2) is 0 Å². The maximum Gasteiger partial charge on any atom is 0.314 e. The molecule has 5 nitrogen and oxygen atoms in total. The SMILES string of the molecule is O=CCC(C(=O)O)[PH](=O)CO. The van der Waals surface area contributed by atoms with Crippen LogP contribution in [0, 0.1) is 0 Å². The lowest BCUT2D eigenvalue weighted by Crippen LogP contribution is -2.17. The number of carbonyl (C=O) groups excluding carboxylic acids is 1. The topological polar surface area (TPSA) is 91.7 Å². The molecule has 0 aliphatic rings. The summed E-state index contributed by atoms with van der Waals surface area (Å²) in [4.78, 5) is 20.1. The minimum Gasteiger partial charge on any atom is -0.481 e. The van der Waals surface area contributed by atoms with Gasteiger partial charge in [-0.1, -0.05) is 0 Å². The van der Waals surface area contributed by atoms with E-state index in [9.17, 15) is 14.2 Å². The third kappa shape index (κ3) is 3.30. The molecule has 0 bridgehead atoms. The molecular weight excluding hydrogens is 171 g/mol. The van der Waals surface area contributed by atoms with Gasteiger partial charge >= 0.3 is 5.97 Å². The molecule has 0 aromatic carbocycles. The second kappa shape index (κ2) is 5.04. The van der Waals surface area contributed by atoms with Crippen LogP contribution in [0.4, 0.5) is 0 Å². The van der Waals surface area contributed by atoms with E-state index in [2.05, 4.69) is 0 Å². The highest BCUT2D eigenvalue weighted by Crippen LogP contribution is 2.28. The molecule has 2 N–H and O–H groups in total. The molecule has 0 aromatic heterocycles. The maximum atomic E-state index is 10.7. The average Bonchev–Trinajstić information content (AvgIpc) is 1.98. The summed E-state index contributed by atoms with van der Waals surface area (Å²) >= 11 is 0. The van der Waals surface area contributed by atoms with Crippen molar-refractivity contribution in [2.45, 2.75) is 12.1 Å². The van der Waals surface area contributed by atoms with Crippen molar-refractivity contribution in [3.63, 3.8) is 0 Å². The van der Waals surface area contributed by atoms with Gasteiger partial charge in [-0.3, -0.25) is 4.79 Å². The number of aliphatic hydroxyl groups excluding tert-OH is 1. The van der Waals surface area contributed by atoms with Crippen LogP contribution in [0.2, 0.25) is 0 Å². The number of aldehydes is 1. The van der Waals surface area contributed by atoms with Crippen molar-refractivity contribution < 1.29 is 24.4 Å². The largest absolute Gasteiger partial charge is 0.481 e. The summed E-state index contributed by atoms with van der Waals surface area (Å²) < 4.78 is 10.7. The van der Waals surface area contributed by atoms with Gasteiger partial charge in [0.2, 0.25) is 0 Å². The molecule has 0 aliphatic heterocycles. The fourth-order valence-electron chi connectivity index (χ4n) is 0.576. The van der Waals surface area contributed by atoms with Crippen molar-refractivity contribution in [3.05, 3.63) is 0 Å². The molecule has 6 heteroatoms. The normalized spacial score (nSPS) is 15.4. The first-order valence-electron chi connectivity index (χ1n) is 2.93. The van der Waals surface area contributed by atoms with Crippen molar-refractivity contribution in [1.29, 1.82) is 0 Å². The van der Waals surface area contributed by atoms with Gasteiger partial charge < -0.3 is 19.6 Å². The van der Waals surface area contributed by atoms with Crippen molar-refractivity contribution in [2.75, 3.05) is 6.35 Å². The lowest BCUT2D eigenvalue weighted by Gasteiger charge is -2.05. The van der Waals surface area contributed by atoms with Gasteiger partial charge in [-0.05, 0) is 0 Å². The van der Waals surface area contributed by atoms with E-state index in [0.29, 0.717) is 6.29 Å². The summed E-state index contributed by atoms with van der Waals surface area (Å²) in [5, 5.41) is 16.7. The third-order valence-corrected chi connectivity index (χ3v) is 2.75. The Hall–Kier alpha value is -0.670. The molecule has 0 fully saturated rings. The molecule has 0 saturated carbocycles.